The van der Waals surface area contributed by atoms with Gasteiger partial charge >= 0.3 is 5.97 Å². The summed E-state index contributed by atoms with van der Waals surface area (Å²) in [6.07, 6.45) is 7.57. The molecule has 11 heteroatoms. The minimum Gasteiger partial charge on any atom is -0.465 e. The molecule has 178 valence electrons. The van der Waals surface area contributed by atoms with Crippen LogP contribution in [0, 0.1) is 6.92 Å². The number of carbonyl (C=O) groups excluding carboxylic acids is 2. The standard InChI is InChI=1S/C22H28N4O5S2/c1-14-12-17(25-24-14)20(27)26-11-9-16-18(13-26)32-22(19(16)21(28)31-2)33(29,30)23-10-8-15-6-4-3-5-7-15/h6,12,23H,3-5,7-11,13H2,1-2H3,(H,24,25). The number of rotatable bonds is 7. The molecule has 1 aliphatic heterocycles. The van der Waals surface area contributed by atoms with Crippen LogP contribution >= 0.6 is 11.3 Å². The molecular weight excluding hydrogens is 464 g/mol. The number of H-pyrrole nitrogens is 1. The van der Waals surface area contributed by atoms with Crippen LogP contribution < -0.4 is 4.72 Å². The van der Waals surface area contributed by atoms with Gasteiger partial charge in [0.15, 0.2) is 0 Å². The van der Waals surface area contributed by atoms with Crippen LogP contribution in [-0.4, -0.2) is 55.6 Å². The largest absolute Gasteiger partial charge is 0.465 e. The molecule has 0 atom stereocenters. The molecule has 0 radical (unpaired) electrons. The van der Waals surface area contributed by atoms with Gasteiger partial charge in [0.25, 0.3) is 15.9 Å². The topological polar surface area (TPSA) is 121 Å². The summed E-state index contributed by atoms with van der Waals surface area (Å²) in [4.78, 5) is 27.7. The Hall–Kier alpha value is -2.50. The fourth-order valence-corrected chi connectivity index (χ4v) is 7.26. The summed E-state index contributed by atoms with van der Waals surface area (Å²) in [5.41, 5.74) is 3.09. The normalized spacial score (nSPS) is 16.3. The van der Waals surface area contributed by atoms with Gasteiger partial charge in [0, 0.05) is 23.7 Å². The van der Waals surface area contributed by atoms with E-state index in [2.05, 4.69) is 21.0 Å². The number of aromatic amines is 1. The number of nitrogens with zero attached hydrogens (tertiary/aromatic N) is 2. The number of esters is 1. The lowest BCUT2D eigenvalue weighted by Gasteiger charge is -2.26. The zero-order valence-electron chi connectivity index (χ0n) is 18.8. The molecule has 0 aromatic carbocycles. The minimum atomic E-state index is -3.91. The number of hydrogen-bond donors (Lipinski definition) is 2. The summed E-state index contributed by atoms with van der Waals surface area (Å²) in [6, 6.07) is 1.67. The van der Waals surface area contributed by atoms with Crippen molar-refractivity contribution in [3.63, 3.8) is 0 Å². The van der Waals surface area contributed by atoms with Crippen molar-refractivity contribution in [2.75, 3.05) is 20.2 Å². The van der Waals surface area contributed by atoms with E-state index in [9.17, 15) is 18.0 Å². The van der Waals surface area contributed by atoms with Crippen molar-refractivity contribution in [2.45, 2.75) is 56.2 Å². The molecule has 0 unspecified atom stereocenters. The number of carbonyl (C=O) groups is 2. The number of allylic oxidation sites excluding steroid dienone is 1. The lowest BCUT2D eigenvalue weighted by molar-refractivity contribution is 0.0595. The molecule has 1 amide bonds. The summed E-state index contributed by atoms with van der Waals surface area (Å²) >= 11 is 1.03. The second-order valence-electron chi connectivity index (χ2n) is 8.33. The van der Waals surface area contributed by atoms with E-state index >= 15 is 0 Å². The Kier molecular flexibility index (Phi) is 7.01. The highest BCUT2D eigenvalue weighted by Gasteiger charge is 2.35. The van der Waals surface area contributed by atoms with Gasteiger partial charge in [-0.05, 0) is 57.1 Å². The molecule has 0 saturated heterocycles. The molecule has 0 saturated carbocycles. The molecule has 2 aromatic heterocycles. The van der Waals surface area contributed by atoms with E-state index in [0.717, 1.165) is 36.3 Å². The number of sulfonamides is 1. The van der Waals surface area contributed by atoms with Gasteiger partial charge < -0.3 is 9.64 Å². The van der Waals surface area contributed by atoms with Crippen molar-refractivity contribution in [3.05, 3.63) is 45.1 Å². The number of aromatic nitrogens is 2. The number of thiophene rings is 1. The van der Waals surface area contributed by atoms with Gasteiger partial charge in [-0.15, -0.1) is 11.3 Å². The predicted octanol–water partition coefficient (Wildman–Crippen LogP) is 2.93. The molecule has 0 bridgehead atoms. The Labute approximate surface area is 197 Å². The number of aryl methyl sites for hydroxylation is 1. The Balaban J connectivity index is 1.56. The predicted molar refractivity (Wildman–Crippen MR) is 124 cm³/mol. The van der Waals surface area contributed by atoms with E-state index in [0.29, 0.717) is 35.5 Å². The van der Waals surface area contributed by atoms with Gasteiger partial charge in [-0.3, -0.25) is 9.89 Å². The SMILES string of the molecule is COC(=O)c1c(S(=O)(=O)NCCC2=CCCCC2)sc2c1CCN(C(=O)c1cc(C)[nH]n1)C2. The van der Waals surface area contributed by atoms with Gasteiger partial charge in [-0.1, -0.05) is 11.6 Å². The van der Waals surface area contributed by atoms with Crippen LogP contribution in [0.4, 0.5) is 0 Å². The van der Waals surface area contributed by atoms with E-state index in [1.807, 2.05) is 6.92 Å². The Morgan fingerprint density at radius 2 is 2.12 bits per heavy atom. The van der Waals surface area contributed by atoms with Crippen LogP contribution in [0.3, 0.4) is 0 Å². The van der Waals surface area contributed by atoms with Crippen LogP contribution in [-0.2, 0) is 27.7 Å². The summed E-state index contributed by atoms with van der Waals surface area (Å²) in [5, 5.41) is 6.78. The maximum atomic E-state index is 13.1. The number of amides is 1. The third-order valence-corrected chi connectivity index (χ3v) is 9.19. The average molecular weight is 493 g/mol. The number of hydrogen-bond acceptors (Lipinski definition) is 7. The van der Waals surface area contributed by atoms with Gasteiger partial charge in [-0.25, -0.2) is 17.9 Å². The average Bonchev–Trinajstić information content (AvgIpc) is 3.42. The minimum absolute atomic E-state index is 0.0399. The first-order valence-electron chi connectivity index (χ1n) is 11.0. The molecule has 1 aliphatic carbocycles. The van der Waals surface area contributed by atoms with Crippen LogP contribution in [0.15, 0.2) is 21.9 Å². The molecular formula is C22H28N4O5S2. The Bertz CT molecular complexity index is 1200. The lowest BCUT2D eigenvalue weighted by Crippen LogP contribution is -2.36. The van der Waals surface area contributed by atoms with E-state index in [1.165, 1.54) is 19.1 Å². The number of fused-ring (bicyclic) bond motifs is 1. The van der Waals surface area contributed by atoms with Crippen LogP contribution in [0.2, 0.25) is 0 Å². The monoisotopic (exact) mass is 492 g/mol. The summed E-state index contributed by atoms with van der Waals surface area (Å²) < 4.78 is 33.8. The highest BCUT2D eigenvalue weighted by Crippen LogP contribution is 2.37. The van der Waals surface area contributed by atoms with Gasteiger partial charge in [0.05, 0.1) is 19.2 Å². The fraction of sp³-hybridized carbons (Fsp3) is 0.500. The second-order valence-corrected chi connectivity index (χ2v) is 11.4. The molecule has 2 aliphatic rings. The molecule has 4 rings (SSSR count). The molecule has 0 fully saturated rings. The van der Waals surface area contributed by atoms with E-state index < -0.39 is 16.0 Å². The smallest absolute Gasteiger partial charge is 0.340 e. The maximum Gasteiger partial charge on any atom is 0.340 e. The van der Waals surface area contributed by atoms with E-state index in [4.69, 9.17) is 4.74 Å². The molecule has 3 heterocycles. The van der Waals surface area contributed by atoms with Crippen molar-refractivity contribution < 1.29 is 22.7 Å². The quantitative estimate of drug-likeness (QED) is 0.453. The third-order valence-electron chi connectivity index (χ3n) is 5.99. The molecule has 33 heavy (non-hydrogen) atoms. The third kappa shape index (κ3) is 5.04. The number of ether oxygens (including phenoxy) is 1. The Morgan fingerprint density at radius 3 is 2.79 bits per heavy atom. The molecule has 9 nitrogen and oxygen atoms in total. The summed E-state index contributed by atoms with van der Waals surface area (Å²) in [6.45, 7) is 2.67. The van der Waals surface area contributed by atoms with Gasteiger partial charge in [-0.2, -0.15) is 5.10 Å². The first-order chi connectivity index (χ1) is 15.8. The van der Waals surface area contributed by atoms with Gasteiger partial charge in [0.1, 0.15) is 9.90 Å². The van der Waals surface area contributed by atoms with Crippen molar-refractivity contribution in [3.8, 4) is 0 Å². The number of methoxy groups -OCH3 is 1. The van der Waals surface area contributed by atoms with E-state index in [-0.39, 0.29) is 28.8 Å². The molecule has 0 spiro atoms. The van der Waals surface area contributed by atoms with Gasteiger partial charge in [0.2, 0.25) is 0 Å². The molecule has 2 N–H and O–H groups in total. The zero-order valence-corrected chi connectivity index (χ0v) is 20.4. The highest BCUT2D eigenvalue weighted by molar-refractivity contribution is 7.91. The summed E-state index contributed by atoms with van der Waals surface area (Å²) in [5.74, 6) is -0.910. The summed E-state index contributed by atoms with van der Waals surface area (Å²) in [7, 11) is -2.67. The second kappa shape index (κ2) is 9.78. The number of nitrogens with one attached hydrogen (secondary N) is 2. The zero-order chi connectivity index (χ0) is 23.6. The maximum absolute atomic E-state index is 13.1. The Morgan fingerprint density at radius 1 is 1.30 bits per heavy atom. The van der Waals surface area contributed by atoms with Crippen molar-refractivity contribution in [1.82, 2.24) is 19.8 Å². The van der Waals surface area contributed by atoms with Crippen LogP contribution in [0.5, 0.6) is 0 Å². The van der Waals surface area contributed by atoms with Crippen LogP contribution in [0.1, 0.15) is 69.1 Å². The van der Waals surface area contributed by atoms with Crippen molar-refractivity contribution in [2.24, 2.45) is 0 Å². The fourth-order valence-electron chi connectivity index (χ4n) is 4.28. The lowest BCUT2D eigenvalue weighted by atomic mass is 9.97. The molecule has 2 aromatic rings. The first-order valence-corrected chi connectivity index (χ1v) is 13.3. The first kappa shape index (κ1) is 23.7. The van der Waals surface area contributed by atoms with Crippen molar-refractivity contribution >= 4 is 33.2 Å². The van der Waals surface area contributed by atoms with Crippen LogP contribution in [0.25, 0.3) is 0 Å². The van der Waals surface area contributed by atoms with E-state index in [1.54, 1.807) is 11.0 Å². The highest BCUT2D eigenvalue weighted by atomic mass is 32.2. The van der Waals surface area contributed by atoms with Crippen molar-refractivity contribution in [1.29, 1.82) is 0 Å².